The fourth-order valence-corrected chi connectivity index (χ4v) is 1.91. The van der Waals surface area contributed by atoms with Crippen molar-refractivity contribution in [3.63, 3.8) is 0 Å². The Hall–Kier alpha value is -0.930. The number of nitrogens with one attached hydrogen (secondary N) is 1. The minimum atomic E-state index is 0.470. The van der Waals surface area contributed by atoms with Gasteiger partial charge in [0.05, 0.1) is 0 Å². The number of piperidine rings is 1. The van der Waals surface area contributed by atoms with Gasteiger partial charge in [-0.15, -0.1) is 9.60 Å². The van der Waals surface area contributed by atoms with E-state index in [2.05, 4.69) is 17.4 Å². The molecule has 0 spiro atoms. The summed E-state index contributed by atoms with van der Waals surface area (Å²) in [6.45, 7) is 2.01. The number of benzene rings is 1. The second-order valence-electron chi connectivity index (χ2n) is 4.05. The molecule has 1 aliphatic rings. The van der Waals surface area contributed by atoms with E-state index in [1.165, 1.54) is 5.56 Å². The second-order valence-corrected chi connectivity index (χ2v) is 4.05. The summed E-state index contributed by atoms with van der Waals surface area (Å²) < 4.78 is 12.7. The first kappa shape index (κ1) is 10.6. The van der Waals surface area contributed by atoms with Gasteiger partial charge in [0.15, 0.2) is 0 Å². The van der Waals surface area contributed by atoms with E-state index in [4.69, 9.17) is 0 Å². The molecule has 1 N–H and O–H groups in total. The van der Waals surface area contributed by atoms with Crippen molar-refractivity contribution in [2.45, 2.75) is 25.4 Å². The SMILES string of the molecule is FN1CCC(NCc2ccccc2)CC1. The van der Waals surface area contributed by atoms with E-state index in [1.54, 1.807) is 0 Å². The van der Waals surface area contributed by atoms with Crippen LogP contribution < -0.4 is 5.32 Å². The summed E-state index contributed by atoms with van der Waals surface area (Å²) in [5, 5.41) is 4.37. The zero-order chi connectivity index (χ0) is 10.5. The summed E-state index contributed by atoms with van der Waals surface area (Å²) in [6, 6.07) is 10.8. The second kappa shape index (κ2) is 5.24. The lowest BCUT2D eigenvalue weighted by Crippen LogP contribution is -2.39. The van der Waals surface area contributed by atoms with Crippen LogP contribution in [0.5, 0.6) is 0 Å². The van der Waals surface area contributed by atoms with Crippen LogP contribution in [0, 0.1) is 0 Å². The summed E-state index contributed by atoms with van der Waals surface area (Å²) in [5.41, 5.74) is 1.29. The maximum Gasteiger partial charge on any atom is 0.0305 e. The molecular formula is C12H17FN2. The van der Waals surface area contributed by atoms with Gasteiger partial charge in [0.2, 0.25) is 0 Å². The molecule has 0 atom stereocenters. The first-order valence-corrected chi connectivity index (χ1v) is 5.52. The Morgan fingerprint density at radius 1 is 1.20 bits per heavy atom. The summed E-state index contributed by atoms with van der Waals surface area (Å²) >= 11 is 0. The molecule has 0 radical (unpaired) electrons. The van der Waals surface area contributed by atoms with Gasteiger partial charge in [-0.2, -0.15) is 0 Å². The molecule has 1 aliphatic heterocycles. The Labute approximate surface area is 90.0 Å². The van der Waals surface area contributed by atoms with Gasteiger partial charge in [0.1, 0.15) is 0 Å². The van der Waals surface area contributed by atoms with Crippen molar-refractivity contribution in [1.29, 1.82) is 0 Å². The van der Waals surface area contributed by atoms with E-state index in [0.717, 1.165) is 24.5 Å². The zero-order valence-electron chi connectivity index (χ0n) is 8.82. The van der Waals surface area contributed by atoms with Crippen molar-refractivity contribution < 1.29 is 4.48 Å². The van der Waals surface area contributed by atoms with Crippen molar-refractivity contribution >= 4 is 0 Å². The molecule has 1 saturated heterocycles. The minimum Gasteiger partial charge on any atom is -0.310 e. The molecule has 15 heavy (non-hydrogen) atoms. The third kappa shape index (κ3) is 3.29. The number of nitrogens with zero attached hydrogens (tertiary/aromatic N) is 1. The Balaban J connectivity index is 1.74. The Bertz CT molecular complexity index is 281. The lowest BCUT2D eigenvalue weighted by atomic mass is 10.1. The molecular weight excluding hydrogens is 191 g/mol. The smallest absolute Gasteiger partial charge is 0.0305 e. The largest absolute Gasteiger partial charge is 0.310 e. The predicted molar refractivity (Wildman–Crippen MR) is 59.0 cm³/mol. The van der Waals surface area contributed by atoms with Crippen molar-refractivity contribution in [3.8, 4) is 0 Å². The quantitative estimate of drug-likeness (QED) is 0.765. The Kier molecular flexibility index (Phi) is 3.69. The molecule has 0 saturated carbocycles. The van der Waals surface area contributed by atoms with Crippen LogP contribution in [-0.4, -0.2) is 24.3 Å². The standard InChI is InChI=1S/C12H17FN2/c13-15-8-6-12(7-9-15)14-10-11-4-2-1-3-5-11/h1-5,12,14H,6-10H2. The van der Waals surface area contributed by atoms with Crippen LogP contribution in [0.2, 0.25) is 0 Å². The van der Waals surface area contributed by atoms with Gasteiger partial charge in [-0.25, -0.2) is 0 Å². The fraction of sp³-hybridized carbons (Fsp3) is 0.500. The molecule has 0 aromatic heterocycles. The minimum absolute atomic E-state index is 0.470. The van der Waals surface area contributed by atoms with E-state index >= 15 is 0 Å². The Morgan fingerprint density at radius 3 is 2.53 bits per heavy atom. The highest BCUT2D eigenvalue weighted by atomic mass is 19.2. The van der Waals surface area contributed by atoms with Gasteiger partial charge in [0, 0.05) is 25.7 Å². The van der Waals surface area contributed by atoms with Crippen LogP contribution in [0.25, 0.3) is 0 Å². The molecule has 0 aliphatic carbocycles. The van der Waals surface area contributed by atoms with Crippen LogP contribution >= 0.6 is 0 Å². The summed E-state index contributed by atoms with van der Waals surface area (Å²) in [6.07, 6.45) is 1.81. The highest BCUT2D eigenvalue weighted by Crippen LogP contribution is 2.11. The molecule has 2 nitrogen and oxygen atoms in total. The summed E-state index contributed by atoms with van der Waals surface area (Å²) in [7, 11) is 0. The summed E-state index contributed by atoms with van der Waals surface area (Å²) in [5.74, 6) is 0. The van der Waals surface area contributed by atoms with E-state index < -0.39 is 0 Å². The van der Waals surface area contributed by atoms with Crippen LogP contribution in [0.1, 0.15) is 18.4 Å². The van der Waals surface area contributed by atoms with Gasteiger partial charge < -0.3 is 5.32 Å². The van der Waals surface area contributed by atoms with Crippen molar-refractivity contribution in [1.82, 2.24) is 10.4 Å². The molecule has 1 aromatic rings. The number of halogens is 1. The molecule has 1 heterocycles. The van der Waals surface area contributed by atoms with Gasteiger partial charge in [-0.3, -0.25) is 0 Å². The van der Waals surface area contributed by atoms with E-state index in [0.29, 0.717) is 19.1 Å². The van der Waals surface area contributed by atoms with Gasteiger partial charge >= 0.3 is 0 Å². The molecule has 0 unspecified atom stereocenters. The maximum absolute atomic E-state index is 12.7. The molecule has 1 aromatic carbocycles. The van der Waals surface area contributed by atoms with Crippen LogP contribution in [0.15, 0.2) is 30.3 Å². The van der Waals surface area contributed by atoms with Crippen molar-refractivity contribution in [2.75, 3.05) is 13.1 Å². The highest BCUT2D eigenvalue weighted by Gasteiger charge is 2.17. The average Bonchev–Trinajstić information content (AvgIpc) is 2.30. The fourth-order valence-electron chi connectivity index (χ4n) is 1.91. The first-order chi connectivity index (χ1) is 7.34. The average molecular weight is 208 g/mol. The first-order valence-electron chi connectivity index (χ1n) is 5.52. The van der Waals surface area contributed by atoms with E-state index in [9.17, 15) is 4.48 Å². The molecule has 1 fully saturated rings. The van der Waals surface area contributed by atoms with Gasteiger partial charge in [-0.1, -0.05) is 30.3 Å². The van der Waals surface area contributed by atoms with E-state index in [1.807, 2.05) is 18.2 Å². The Morgan fingerprint density at radius 2 is 1.87 bits per heavy atom. The topological polar surface area (TPSA) is 15.3 Å². The number of hydrogen-bond donors (Lipinski definition) is 1. The lowest BCUT2D eigenvalue weighted by molar-refractivity contribution is -0.00240. The molecule has 82 valence electrons. The van der Waals surface area contributed by atoms with Crippen LogP contribution in [0.4, 0.5) is 4.48 Å². The number of rotatable bonds is 3. The third-order valence-electron chi connectivity index (χ3n) is 2.88. The van der Waals surface area contributed by atoms with Crippen molar-refractivity contribution in [2.24, 2.45) is 0 Å². The molecule has 2 rings (SSSR count). The van der Waals surface area contributed by atoms with Crippen molar-refractivity contribution in [3.05, 3.63) is 35.9 Å². The van der Waals surface area contributed by atoms with Gasteiger partial charge in [-0.05, 0) is 18.4 Å². The van der Waals surface area contributed by atoms with Crippen LogP contribution in [0.3, 0.4) is 0 Å². The molecule has 3 heteroatoms. The lowest BCUT2D eigenvalue weighted by Gasteiger charge is -2.26. The van der Waals surface area contributed by atoms with Gasteiger partial charge in [0.25, 0.3) is 0 Å². The third-order valence-corrected chi connectivity index (χ3v) is 2.88. The normalized spacial score (nSPS) is 19.3. The summed E-state index contributed by atoms with van der Waals surface area (Å²) in [4.78, 5) is 0. The zero-order valence-corrected chi connectivity index (χ0v) is 8.82. The van der Waals surface area contributed by atoms with Crippen LogP contribution in [-0.2, 0) is 6.54 Å². The van der Waals surface area contributed by atoms with E-state index in [-0.39, 0.29) is 0 Å². The highest BCUT2D eigenvalue weighted by molar-refractivity contribution is 5.14. The monoisotopic (exact) mass is 208 g/mol. The maximum atomic E-state index is 12.7. The molecule has 0 bridgehead atoms. The molecule has 0 amide bonds. The number of hydrogen-bond acceptors (Lipinski definition) is 2. The predicted octanol–water partition coefficient (Wildman–Crippen LogP) is 2.13.